The van der Waals surface area contributed by atoms with Gasteiger partial charge in [-0.15, -0.1) is 36.4 Å². The van der Waals surface area contributed by atoms with Crippen molar-refractivity contribution < 1.29 is 26.2 Å². The molecule has 0 bridgehead atoms. The van der Waals surface area contributed by atoms with E-state index in [0.29, 0.717) is 0 Å². The number of hydrogen-bond acceptors (Lipinski definition) is 0. The van der Waals surface area contributed by atoms with Crippen molar-refractivity contribution in [3.05, 3.63) is 128 Å². The van der Waals surface area contributed by atoms with Gasteiger partial charge in [0.1, 0.15) is 0 Å². The number of rotatable bonds is 0. The fourth-order valence-corrected chi connectivity index (χ4v) is 1.43. The first-order valence-electron chi connectivity index (χ1n) is 6.79. The van der Waals surface area contributed by atoms with Crippen molar-refractivity contribution in [1.82, 2.24) is 0 Å². The van der Waals surface area contributed by atoms with Gasteiger partial charge in [0.25, 0.3) is 0 Å². The van der Waals surface area contributed by atoms with Gasteiger partial charge in [-0.3, -0.25) is 0 Å². The molecule has 0 spiro atoms. The zero-order chi connectivity index (χ0) is 15.3. The summed E-state index contributed by atoms with van der Waals surface area (Å²) in [7, 11) is 0. The molecule has 0 aliphatic carbocycles. The molecule has 0 N–H and O–H groups in total. The summed E-state index contributed by atoms with van der Waals surface area (Å²) in [4.78, 5) is 0. The Morgan fingerprint density at radius 3 is 0.636 bits per heavy atom. The van der Waals surface area contributed by atoms with Gasteiger partial charge in [0.15, 0.2) is 0 Å². The van der Waals surface area contributed by atoms with E-state index in [1.54, 1.807) is 0 Å². The minimum Gasteiger partial charge on any atom is -0.199 e. The Kier molecular flexibility index (Phi) is 11.8. The first-order chi connectivity index (χ1) is 10.2. The van der Waals surface area contributed by atoms with Crippen LogP contribution in [0.3, 0.4) is 0 Å². The quantitative estimate of drug-likeness (QED) is 0.455. The zero-order valence-corrected chi connectivity index (χ0v) is 15.2. The maximum absolute atomic E-state index is 3.72. The number of hydrogen-bond donors (Lipinski definition) is 0. The van der Waals surface area contributed by atoms with E-state index in [0.717, 1.165) is 16.7 Å². The summed E-state index contributed by atoms with van der Waals surface area (Å²) in [6.45, 7) is 11.2. The molecule has 0 amide bonds. The first-order valence-corrected chi connectivity index (χ1v) is 6.79. The maximum atomic E-state index is 3.72. The van der Waals surface area contributed by atoms with Gasteiger partial charge in [0.2, 0.25) is 0 Å². The topological polar surface area (TPSA) is 0 Å². The second-order valence-electron chi connectivity index (χ2n) is 4.46. The molecule has 0 nitrogen and oxygen atoms in total. The molecule has 0 saturated heterocycles. The molecular formula is C21H21Zr. The van der Waals surface area contributed by atoms with E-state index in [-0.39, 0.29) is 26.2 Å². The van der Waals surface area contributed by atoms with Crippen LogP contribution in [0, 0.1) is 20.8 Å². The third-order valence-corrected chi connectivity index (χ3v) is 2.53. The van der Waals surface area contributed by atoms with Crippen molar-refractivity contribution in [2.45, 2.75) is 0 Å². The molecule has 0 heterocycles. The van der Waals surface area contributed by atoms with Crippen LogP contribution in [-0.2, 0) is 26.2 Å². The standard InChI is InChI=1S/3C7H7.Zr/c3*1-7-5-3-2-4-6-7;/h3*2-6H,1H2;/q3*-1;+3. The average molecular weight is 365 g/mol. The van der Waals surface area contributed by atoms with Crippen LogP contribution in [0.25, 0.3) is 0 Å². The second kappa shape index (κ2) is 12.9. The van der Waals surface area contributed by atoms with E-state index in [4.69, 9.17) is 0 Å². The van der Waals surface area contributed by atoms with E-state index in [9.17, 15) is 0 Å². The Morgan fingerprint density at radius 2 is 0.545 bits per heavy atom. The fraction of sp³-hybridized carbons (Fsp3) is 0. The van der Waals surface area contributed by atoms with E-state index in [1.807, 2.05) is 91.0 Å². The molecule has 0 aliphatic rings. The summed E-state index contributed by atoms with van der Waals surface area (Å²) in [6, 6.07) is 29.6. The molecule has 0 aliphatic heterocycles. The van der Waals surface area contributed by atoms with Crippen molar-refractivity contribution in [3.8, 4) is 0 Å². The average Bonchev–Trinajstić information content (AvgIpc) is 2.51. The predicted molar refractivity (Wildman–Crippen MR) is 92.7 cm³/mol. The Hall–Kier alpha value is -1.85. The van der Waals surface area contributed by atoms with Gasteiger partial charge in [-0.1, -0.05) is 18.2 Å². The van der Waals surface area contributed by atoms with Gasteiger partial charge >= 0.3 is 26.2 Å². The van der Waals surface area contributed by atoms with Crippen LogP contribution in [0.2, 0.25) is 0 Å². The summed E-state index contributed by atoms with van der Waals surface area (Å²) in [5, 5.41) is 0. The van der Waals surface area contributed by atoms with Gasteiger partial charge in [0.05, 0.1) is 0 Å². The fourth-order valence-electron chi connectivity index (χ4n) is 1.43. The van der Waals surface area contributed by atoms with Crippen LogP contribution in [0.15, 0.2) is 91.0 Å². The number of benzene rings is 3. The summed E-state index contributed by atoms with van der Waals surface area (Å²) in [5.74, 6) is 0. The van der Waals surface area contributed by atoms with E-state index in [2.05, 4.69) is 20.8 Å². The van der Waals surface area contributed by atoms with E-state index >= 15 is 0 Å². The first kappa shape index (κ1) is 20.2. The van der Waals surface area contributed by atoms with E-state index < -0.39 is 0 Å². The predicted octanol–water partition coefficient (Wildman–Crippen LogP) is 5.60. The Morgan fingerprint density at radius 1 is 0.364 bits per heavy atom. The Balaban J connectivity index is 0.000000294. The largest absolute Gasteiger partial charge is 3.00 e. The van der Waals surface area contributed by atoms with Crippen molar-refractivity contribution >= 4 is 0 Å². The van der Waals surface area contributed by atoms with Gasteiger partial charge in [0, 0.05) is 0 Å². The zero-order valence-electron chi connectivity index (χ0n) is 12.8. The summed E-state index contributed by atoms with van der Waals surface area (Å²) < 4.78 is 0. The molecule has 0 aromatic heterocycles. The Labute approximate surface area is 154 Å². The monoisotopic (exact) mass is 363 g/mol. The van der Waals surface area contributed by atoms with Crippen molar-refractivity contribution in [3.63, 3.8) is 0 Å². The van der Waals surface area contributed by atoms with Crippen molar-refractivity contribution in [2.24, 2.45) is 0 Å². The van der Waals surface area contributed by atoms with E-state index in [1.165, 1.54) is 0 Å². The Bertz CT molecular complexity index is 485. The smallest absolute Gasteiger partial charge is 0.199 e. The normalized spacial score (nSPS) is 8.18. The minimum absolute atomic E-state index is 0. The van der Waals surface area contributed by atoms with Crippen LogP contribution in [0.4, 0.5) is 0 Å². The molecule has 1 heteroatoms. The molecule has 0 fully saturated rings. The molecule has 0 unspecified atom stereocenters. The molecule has 0 atom stereocenters. The summed E-state index contributed by atoms with van der Waals surface area (Å²) in [5.41, 5.74) is 3.22. The van der Waals surface area contributed by atoms with Crippen LogP contribution >= 0.6 is 0 Å². The van der Waals surface area contributed by atoms with Crippen molar-refractivity contribution in [1.29, 1.82) is 0 Å². The third-order valence-electron chi connectivity index (χ3n) is 2.53. The molecule has 3 aromatic rings. The van der Waals surface area contributed by atoms with Crippen LogP contribution < -0.4 is 0 Å². The second-order valence-corrected chi connectivity index (χ2v) is 4.46. The van der Waals surface area contributed by atoms with Gasteiger partial charge in [-0.05, 0) is 0 Å². The maximum Gasteiger partial charge on any atom is 3.00 e. The summed E-state index contributed by atoms with van der Waals surface area (Å²) in [6.07, 6.45) is 0. The van der Waals surface area contributed by atoms with Gasteiger partial charge < -0.3 is 0 Å². The molecule has 109 valence electrons. The molecule has 22 heavy (non-hydrogen) atoms. The van der Waals surface area contributed by atoms with Crippen LogP contribution in [-0.4, -0.2) is 0 Å². The molecule has 0 saturated carbocycles. The molecule has 3 rings (SSSR count). The van der Waals surface area contributed by atoms with Crippen LogP contribution in [0.1, 0.15) is 16.7 Å². The van der Waals surface area contributed by atoms with Crippen molar-refractivity contribution in [2.75, 3.05) is 0 Å². The summed E-state index contributed by atoms with van der Waals surface area (Å²) >= 11 is 0. The molecule has 1 radical (unpaired) electrons. The SMILES string of the molecule is [CH2-]c1ccccc1.[CH2-]c1ccccc1.[CH2-]c1ccccc1.[Zr+3]. The molecule has 3 aromatic carbocycles. The third kappa shape index (κ3) is 10.9. The minimum atomic E-state index is 0. The molecular weight excluding hydrogens is 343 g/mol. The van der Waals surface area contributed by atoms with Gasteiger partial charge in [-0.25, -0.2) is 0 Å². The van der Waals surface area contributed by atoms with Crippen LogP contribution in [0.5, 0.6) is 0 Å². The van der Waals surface area contributed by atoms with Gasteiger partial charge in [-0.2, -0.15) is 73.9 Å².